The van der Waals surface area contributed by atoms with Crippen molar-refractivity contribution in [2.45, 2.75) is 39.3 Å². The second-order valence-corrected chi connectivity index (χ2v) is 4.21. The van der Waals surface area contributed by atoms with Gasteiger partial charge in [0.1, 0.15) is 0 Å². The van der Waals surface area contributed by atoms with Crippen molar-refractivity contribution in [1.82, 2.24) is 5.32 Å². The molecule has 0 bridgehead atoms. The SMILES string of the molecule is CCC(C)NC(=O)Nc1ccc(C(C)O)cc1. The maximum absolute atomic E-state index is 11.5. The Kier molecular flexibility index (Phi) is 4.97. The molecule has 0 heterocycles. The van der Waals surface area contributed by atoms with Crippen molar-refractivity contribution in [3.8, 4) is 0 Å². The number of rotatable bonds is 4. The van der Waals surface area contributed by atoms with Crippen LogP contribution in [0.2, 0.25) is 0 Å². The fourth-order valence-electron chi connectivity index (χ4n) is 1.34. The van der Waals surface area contributed by atoms with E-state index < -0.39 is 6.10 Å². The summed E-state index contributed by atoms with van der Waals surface area (Å²) in [6.45, 7) is 5.68. The van der Waals surface area contributed by atoms with Gasteiger partial charge in [-0.15, -0.1) is 0 Å². The Balaban J connectivity index is 2.54. The summed E-state index contributed by atoms with van der Waals surface area (Å²) in [6.07, 6.45) is 0.409. The molecule has 0 saturated carbocycles. The molecule has 2 atom stereocenters. The summed E-state index contributed by atoms with van der Waals surface area (Å²) in [5, 5.41) is 14.9. The van der Waals surface area contributed by atoms with E-state index in [1.807, 2.05) is 13.8 Å². The average molecular weight is 236 g/mol. The second kappa shape index (κ2) is 6.25. The van der Waals surface area contributed by atoms with Crippen molar-refractivity contribution >= 4 is 11.7 Å². The highest BCUT2D eigenvalue weighted by molar-refractivity contribution is 5.89. The lowest BCUT2D eigenvalue weighted by Crippen LogP contribution is -2.35. The zero-order chi connectivity index (χ0) is 12.8. The van der Waals surface area contributed by atoms with Crippen LogP contribution >= 0.6 is 0 Å². The van der Waals surface area contributed by atoms with Crippen molar-refractivity contribution in [2.75, 3.05) is 5.32 Å². The van der Waals surface area contributed by atoms with Crippen LogP contribution < -0.4 is 10.6 Å². The number of nitrogens with one attached hydrogen (secondary N) is 2. The molecule has 2 amide bonds. The van der Waals surface area contributed by atoms with E-state index >= 15 is 0 Å². The van der Waals surface area contributed by atoms with Gasteiger partial charge in [0.15, 0.2) is 0 Å². The lowest BCUT2D eigenvalue weighted by Gasteiger charge is -2.13. The highest BCUT2D eigenvalue weighted by Gasteiger charge is 2.06. The Hall–Kier alpha value is -1.55. The fraction of sp³-hybridized carbons (Fsp3) is 0.462. The number of hydrogen-bond donors (Lipinski definition) is 3. The first-order valence-electron chi connectivity index (χ1n) is 5.88. The molecular formula is C13H20N2O2. The maximum atomic E-state index is 11.5. The number of carbonyl (C=O) groups excluding carboxylic acids is 1. The van der Waals surface area contributed by atoms with Gasteiger partial charge in [-0.1, -0.05) is 19.1 Å². The number of anilines is 1. The zero-order valence-electron chi connectivity index (χ0n) is 10.5. The summed E-state index contributed by atoms with van der Waals surface area (Å²) >= 11 is 0. The van der Waals surface area contributed by atoms with E-state index in [1.54, 1.807) is 31.2 Å². The minimum absolute atomic E-state index is 0.159. The number of urea groups is 1. The van der Waals surface area contributed by atoms with E-state index in [4.69, 9.17) is 0 Å². The van der Waals surface area contributed by atoms with Crippen molar-refractivity contribution in [3.63, 3.8) is 0 Å². The summed E-state index contributed by atoms with van der Waals surface area (Å²) < 4.78 is 0. The van der Waals surface area contributed by atoms with Crippen LogP contribution in [0, 0.1) is 0 Å². The molecule has 1 aromatic carbocycles. The van der Waals surface area contributed by atoms with Crippen LogP contribution in [0.25, 0.3) is 0 Å². The fourth-order valence-corrected chi connectivity index (χ4v) is 1.34. The molecule has 4 heteroatoms. The molecule has 94 valence electrons. The van der Waals surface area contributed by atoms with Crippen molar-refractivity contribution < 1.29 is 9.90 Å². The van der Waals surface area contributed by atoms with Crippen LogP contribution in [0.15, 0.2) is 24.3 Å². The topological polar surface area (TPSA) is 61.4 Å². The molecule has 0 fully saturated rings. The minimum Gasteiger partial charge on any atom is -0.389 e. The smallest absolute Gasteiger partial charge is 0.319 e. The Morgan fingerprint density at radius 3 is 2.35 bits per heavy atom. The molecular weight excluding hydrogens is 216 g/mol. The van der Waals surface area contributed by atoms with E-state index in [0.717, 1.165) is 17.7 Å². The normalized spacial score (nSPS) is 13.9. The van der Waals surface area contributed by atoms with E-state index in [-0.39, 0.29) is 12.1 Å². The molecule has 0 aliphatic heterocycles. The third kappa shape index (κ3) is 4.44. The quantitative estimate of drug-likeness (QED) is 0.752. The lowest BCUT2D eigenvalue weighted by atomic mass is 10.1. The molecule has 3 N–H and O–H groups in total. The molecule has 0 radical (unpaired) electrons. The third-order valence-electron chi connectivity index (χ3n) is 2.64. The van der Waals surface area contributed by atoms with Crippen LogP contribution in [0.5, 0.6) is 0 Å². The molecule has 4 nitrogen and oxygen atoms in total. The van der Waals surface area contributed by atoms with Crippen LogP contribution in [-0.2, 0) is 0 Å². The maximum Gasteiger partial charge on any atom is 0.319 e. The lowest BCUT2D eigenvalue weighted by molar-refractivity contribution is 0.199. The first-order chi connectivity index (χ1) is 8.02. The monoisotopic (exact) mass is 236 g/mol. The summed E-state index contributed by atoms with van der Waals surface area (Å²) in [5.74, 6) is 0. The van der Waals surface area contributed by atoms with Gasteiger partial charge in [-0.05, 0) is 38.0 Å². The molecule has 1 rings (SSSR count). The van der Waals surface area contributed by atoms with Gasteiger partial charge in [0.05, 0.1) is 6.10 Å². The molecule has 0 saturated heterocycles. The van der Waals surface area contributed by atoms with Crippen molar-refractivity contribution in [2.24, 2.45) is 0 Å². The van der Waals surface area contributed by atoms with Gasteiger partial charge in [0.25, 0.3) is 0 Å². The Labute approximate surface area is 102 Å². The molecule has 1 aromatic rings. The molecule has 0 aliphatic carbocycles. The Morgan fingerprint density at radius 1 is 1.29 bits per heavy atom. The van der Waals surface area contributed by atoms with Gasteiger partial charge in [-0.25, -0.2) is 4.79 Å². The first kappa shape index (κ1) is 13.5. The van der Waals surface area contributed by atoms with Gasteiger partial charge in [0.2, 0.25) is 0 Å². The highest BCUT2D eigenvalue weighted by atomic mass is 16.3. The van der Waals surface area contributed by atoms with Crippen LogP contribution in [0.4, 0.5) is 10.5 Å². The van der Waals surface area contributed by atoms with E-state index in [2.05, 4.69) is 10.6 Å². The van der Waals surface area contributed by atoms with Gasteiger partial charge in [0, 0.05) is 11.7 Å². The molecule has 0 spiro atoms. The number of carbonyl (C=O) groups is 1. The number of hydrogen-bond acceptors (Lipinski definition) is 2. The first-order valence-corrected chi connectivity index (χ1v) is 5.88. The number of benzene rings is 1. The standard InChI is InChI=1S/C13H20N2O2/c1-4-9(2)14-13(17)15-12-7-5-11(6-8-12)10(3)16/h5-10,16H,4H2,1-3H3,(H2,14,15,17). The average Bonchev–Trinajstić information content (AvgIpc) is 2.29. The predicted octanol–water partition coefficient (Wildman–Crippen LogP) is 2.66. The van der Waals surface area contributed by atoms with Crippen molar-refractivity contribution in [1.29, 1.82) is 0 Å². The number of aliphatic hydroxyl groups is 1. The second-order valence-electron chi connectivity index (χ2n) is 4.21. The van der Waals surface area contributed by atoms with Crippen LogP contribution in [-0.4, -0.2) is 17.2 Å². The van der Waals surface area contributed by atoms with Crippen molar-refractivity contribution in [3.05, 3.63) is 29.8 Å². The van der Waals surface area contributed by atoms with Gasteiger partial charge < -0.3 is 15.7 Å². The molecule has 17 heavy (non-hydrogen) atoms. The van der Waals surface area contributed by atoms with Gasteiger partial charge in [-0.2, -0.15) is 0 Å². The van der Waals surface area contributed by atoms with E-state index in [0.29, 0.717) is 0 Å². The zero-order valence-corrected chi connectivity index (χ0v) is 10.5. The Bertz CT molecular complexity index is 360. The Morgan fingerprint density at radius 2 is 1.88 bits per heavy atom. The highest BCUT2D eigenvalue weighted by Crippen LogP contribution is 2.15. The summed E-state index contributed by atoms with van der Waals surface area (Å²) in [5.41, 5.74) is 1.55. The largest absolute Gasteiger partial charge is 0.389 e. The number of amides is 2. The molecule has 0 aliphatic rings. The third-order valence-corrected chi connectivity index (χ3v) is 2.64. The summed E-state index contributed by atoms with van der Waals surface area (Å²) in [6, 6.07) is 7.10. The van der Waals surface area contributed by atoms with Gasteiger partial charge >= 0.3 is 6.03 Å². The molecule has 2 unspecified atom stereocenters. The van der Waals surface area contributed by atoms with Gasteiger partial charge in [-0.3, -0.25) is 0 Å². The minimum atomic E-state index is -0.488. The summed E-state index contributed by atoms with van der Waals surface area (Å²) in [7, 11) is 0. The summed E-state index contributed by atoms with van der Waals surface area (Å²) in [4.78, 5) is 11.5. The van der Waals surface area contributed by atoms with Crippen LogP contribution in [0.1, 0.15) is 38.9 Å². The van der Waals surface area contributed by atoms with E-state index in [1.165, 1.54) is 0 Å². The van der Waals surface area contributed by atoms with Crippen LogP contribution in [0.3, 0.4) is 0 Å². The number of aliphatic hydroxyl groups excluding tert-OH is 1. The van der Waals surface area contributed by atoms with E-state index in [9.17, 15) is 9.90 Å². The predicted molar refractivity (Wildman–Crippen MR) is 69.0 cm³/mol. The molecule has 0 aromatic heterocycles.